The fourth-order valence-electron chi connectivity index (χ4n) is 3.87. The number of likely N-dealkylation sites (tertiary alicyclic amines) is 1. The Balaban J connectivity index is 2.15. The number of aliphatic hydroxyl groups is 1. The molecule has 24 heavy (non-hydrogen) atoms. The third kappa shape index (κ3) is 2.11. The molecule has 2 aliphatic rings. The van der Waals surface area contributed by atoms with Gasteiger partial charge in [-0.15, -0.1) is 0 Å². The van der Waals surface area contributed by atoms with Gasteiger partial charge in [0.15, 0.2) is 0 Å². The summed E-state index contributed by atoms with van der Waals surface area (Å²) in [4.78, 5) is 26.6. The third-order valence-electron chi connectivity index (χ3n) is 5.07. The molecular formula is C17H20N4O3. The zero-order chi connectivity index (χ0) is 17.5. The van der Waals surface area contributed by atoms with Gasteiger partial charge in [-0.05, 0) is 12.5 Å². The molecule has 2 saturated heterocycles. The van der Waals surface area contributed by atoms with Gasteiger partial charge >= 0.3 is 0 Å². The molecule has 7 nitrogen and oxygen atoms in total. The van der Waals surface area contributed by atoms with E-state index in [0.29, 0.717) is 0 Å². The summed E-state index contributed by atoms with van der Waals surface area (Å²) in [5.74, 6) is -0.791. The van der Waals surface area contributed by atoms with E-state index in [1.807, 2.05) is 30.3 Å². The number of benzene rings is 1. The van der Waals surface area contributed by atoms with E-state index in [1.54, 1.807) is 6.92 Å². The number of carbonyl (C=O) groups excluding carboxylic acids is 2. The summed E-state index contributed by atoms with van der Waals surface area (Å²) in [6.07, 6.45) is 0.242. The van der Waals surface area contributed by atoms with Crippen LogP contribution in [0.25, 0.3) is 0 Å². The first-order valence-corrected chi connectivity index (χ1v) is 7.84. The molecule has 0 aromatic heterocycles. The van der Waals surface area contributed by atoms with Gasteiger partial charge in [-0.3, -0.25) is 9.59 Å². The number of aliphatic hydroxyl groups excluding tert-OH is 1. The van der Waals surface area contributed by atoms with Gasteiger partial charge < -0.3 is 21.1 Å². The van der Waals surface area contributed by atoms with Crippen LogP contribution in [0, 0.1) is 16.7 Å². The Labute approximate surface area is 140 Å². The fourth-order valence-corrected chi connectivity index (χ4v) is 3.87. The summed E-state index contributed by atoms with van der Waals surface area (Å²) >= 11 is 0. The molecular weight excluding hydrogens is 308 g/mol. The molecule has 4 N–H and O–H groups in total. The molecule has 4 atom stereocenters. The first-order valence-electron chi connectivity index (χ1n) is 7.84. The minimum absolute atomic E-state index is 0.242. The van der Waals surface area contributed by atoms with Crippen LogP contribution in [0.5, 0.6) is 0 Å². The summed E-state index contributed by atoms with van der Waals surface area (Å²) in [6.45, 7) is 1.53. The second kappa shape index (κ2) is 5.58. The van der Waals surface area contributed by atoms with Gasteiger partial charge in [0.25, 0.3) is 0 Å². The van der Waals surface area contributed by atoms with Gasteiger partial charge in [-0.2, -0.15) is 5.26 Å². The van der Waals surface area contributed by atoms with Crippen LogP contribution in [0.1, 0.15) is 24.9 Å². The highest BCUT2D eigenvalue weighted by molar-refractivity contribution is 5.99. The Hall–Kier alpha value is -2.43. The minimum Gasteiger partial charge on any atom is -0.394 e. The minimum atomic E-state index is -1.12. The zero-order valence-electron chi connectivity index (χ0n) is 13.4. The second-order valence-corrected chi connectivity index (χ2v) is 6.73. The molecule has 0 radical (unpaired) electrons. The second-order valence-electron chi connectivity index (χ2n) is 6.73. The van der Waals surface area contributed by atoms with Crippen molar-refractivity contribution < 1.29 is 14.7 Å². The van der Waals surface area contributed by atoms with Crippen molar-refractivity contribution in [2.45, 2.75) is 31.0 Å². The number of hydrogen-bond donors (Lipinski definition) is 3. The summed E-state index contributed by atoms with van der Waals surface area (Å²) in [5, 5.41) is 21.8. The van der Waals surface area contributed by atoms with Gasteiger partial charge in [-0.1, -0.05) is 30.3 Å². The Kier molecular flexibility index (Phi) is 3.82. The predicted octanol–water partition coefficient (Wildman–Crippen LogP) is -0.322. The van der Waals surface area contributed by atoms with Crippen LogP contribution in [0.2, 0.25) is 0 Å². The highest BCUT2D eigenvalue weighted by Gasteiger charge is 2.67. The molecule has 3 rings (SSSR count). The fraction of sp³-hybridized carbons (Fsp3) is 0.471. The smallest absolute Gasteiger partial charge is 0.248 e. The lowest BCUT2D eigenvalue weighted by molar-refractivity contribution is -0.155. The lowest BCUT2D eigenvalue weighted by atomic mass is 9.75. The van der Waals surface area contributed by atoms with Crippen molar-refractivity contribution >= 4 is 11.8 Å². The average molecular weight is 328 g/mol. The number of carbonyl (C=O) groups is 2. The number of hydrogen-bond acceptors (Lipinski definition) is 5. The van der Waals surface area contributed by atoms with E-state index in [2.05, 4.69) is 11.4 Å². The molecule has 4 unspecified atom stereocenters. The van der Waals surface area contributed by atoms with Crippen molar-refractivity contribution in [1.29, 1.82) is 5.26 Å². The van der Waals surface area contributed by atoms with E-state index >= 15 is 0 Å². The van der Waals surface area contributed by atoms with E-state index in [9.17, 15) is 20.0 Å². The van der Waals surface area contributed by atoms with Crippen LogP contribution in [0.3, 0.4) is 0 Å². The first-order chi connectivity index (χ1) is 11.4. The number of amides is 2. The molecule has 126 valence electrons. The molecule has 2 fully saturated rings. The molecule has 1 aromatic rings. The van der Waals surface area contributed by atoms with Crippen molar-refractivity contribution in [3.05, 3.63) is 35.9 Å². The highest BCUT2D eigenvalue weighted by atomic mass is 16.3. The molecule has 2 heterocycles. The molecule has 1 spiro atoms. The number of nitrogens with zero attached hydrogens (tertiary/aromatic N) is 2. The maximum atomic E-state index is 12.9. The van der Waals surface area contributed by atoms with E-state index in [1.165, 1.54) is 4.90 Å². The molecule has 1 aromatic carbocycles. The monoisotopic (exact) mass is 328 g/mol. The normalized spacial score (nSPS) is 32.8. The number of nitrogens with one attached hydrogen (secondary N) is 1. The Morgan fingerprint density at radius 1 is 1.54 bits per heavy atom. The quantitative estimate of drug-likeness (QED) is 0.657. The average Bonchev–Trinajstić information content (AvgIpc) is 2.92. The maximum Gasteiger partial charge on any atom is 0.248 e. The molecule has 2 aliphatic heterocycles. The van der Waals surface area contributed by atoms with Crippen molar-refractivity contribution in [3.63, 3.8) is 0 Å². The van der Waals surface area contributed by atoms with Crippen molar-refractivity contribution in [1.82, 2.24) is 10.2 Å². The number of β-lactam (4-membered cyclic amide) rings is 1. The summed E-state index contributed by atoms with van der Waals surface area (Å²) in [7, 11) is 0. The van der Waals surface area contributed by atoms with E-state index in [4.69, 9.17) is 5.73 Å². The number of rotatable bonds is 3. The number of nitrogens with two attached hydrogens (primary N) is 1. The van der Waals surface area contributed by atoms with Crippen molar-refractivity contribution in [3.8, 4) is 6.07 Å². The first kappa shape index (κ1) is 16.4. The van der Waals surface area contributed by atoms with Gasteiger partial charge in [0.1, 0.15) is 11.6 Å². The summed E-state index contributed by atoms with van der Waals surface area (Å²) in [6, 6.07) is 9.75. The Morgan fingerprint density at radius 3 is 2.67 bits per heavy atom. The molecule has 0 bridgehead atoms. The van der Waals surface area contributed by atoms with Crippen molar-refractivity contribution in [2.75, 3.05) is 13.2 Å². The standard InChI is InChI=1S/C17H20N4O3/c1-16(9-18)8-17(10-20-15(17)24)21(14(23)12(19)7-22)13(16)11-5-3-2-4-6-11/h2-6,12-13,22H,7-8,10,19H2,1H3,(H,20,24). The van der Waals surface area contributed by atoms with Gasteiger partial charge in [0, 0.05) is 6.42 Å². The van der Waals surface area contributed by atoms with Crippen LogP contribution < -0.4 is 11.1 Å². The van der Waals surface area contributed by atoms with E-state index in [0.717, 1.165) is 5.56 Å². The van der Waals surface area contributed by atoms with Crippen LogP contribution in [-0.4, -0.2) is 46.6 Å². The number of nitriles is 1. The molecule has 2 amide bonds. The molecule has 7 heteroatoms. The lowest BCUT2D eigenvalue weighted by Crippen LogP contribution is -2.73. The third-order valence-corrected chi connectivity index (χ3v) is 5.07. The van der Waals surface area contributed by atoms with E-state index < -0.39 is 35.6 Å². The summed E-state index contributed by atoms with van der Waals surface area (Å²) < 4.78 is 0. The van der Waals surface area contributed by atoms with E-state index in [-0.39, 0.29) is 18.9 Å². The maximum absolute atomic E-state index is 12.9. The van der Waals surface area contributed by atoms with Gasteiger partial charge in [0.05, 0.1) is 30.7 Å². The topological polar surface area (TPSA) is 119 Å². The largest absolute Gasteiger partial charge is 0.394 e. The predicted molar refractivity (Wildman–Crippen MR) is 85.2 cm³/mol. The van der Waals surface area contributed by atoms with Gasteiger partial charge in [0.2, 0.25) is 11.8 Å². The Morgan fingerprint density at radius 2 is 2.21 bits per heavy atom. The molecule has 0 saturated carbocycles. The van der Waals surface area contributed by atoms with Crippen molar-refractivity contribution in [2.24, 2.45) is 11.1 Å². The lowest BCUT2D eigenvalue weighted by Gasteiger charge is -2.46. The van der Waals surface area contributed by atoms with Crippen LogP contribution >= 0.6 is 0 Å². The van der Waals surface area contributed by atoms with Crippen LogP contribution in [0.4, 0.5) is 0 Å². The van der Waals surface area contributed by atoms with Crippen LogP contribution in [0.15, 0.2) is 30.3 Å². The Bertz CT molecular complexity index is 716. The SMILES string of the molecule is CC1(C#N)CC2(CNC2=O)N(C(=O)C(N)CO)C1c1ccccc1. The van der Waals surface area contributed by atoms with Gasteiger partial charge in [-0.25, -0.2) is 0 Å². The zero-order valence-corrected chi connectivity index (χ0v) is 13.4. The highest BCUT2D eigenvalue weighted by Crippen LogP contribution is 2.55. The molecule has 0 aliphatic carbocycles. The summed E-state index contributed by atoms with van der Waals surface area (Å²) in [5.41, 5.74) is 4.53. The van der Waals surface area contributed by atoms with Crippen LogP contribution in [-0.2, 0) is 9.59 Å².